The molecule has 0 rings (SSSR count). The van der Waals surface area contributed by atoms with Crippen molar-refractivity contribution in [2.24, 2.45) is 22.1 Å². The number of rotatable bonds is 4. The molecular formula is C4H12ClCoN5O4-2. The fourth-order valence-corrected chi connectivity index (χ4v) is 0.294. The van der Waals surface area contributed by atoms with Gasteiger partial charge in [-0.05, 0) is 13.1 Å². The minimum absolute atomic E-state index is 0.639. The Morgan fingerprint density at radius 1 is 1.07 bits per heavy atom. The molecule has 0 aromatic carbocycles. The molecule has 0 aromatic heterocycles. The van der Waals surface area contributed by atoms with Gasteiger partial charge in [0.1, 0.15) is 0 Å². The Labute approximate surface area is 99.2 Å². The summed E-state index contributed by atoms with van der Waals surface area (Å²) in [5.41, 5.74) is 10.3. The molecule has 0 spiro atoms. The van der Waals surface area contributed by atoms with E-state index in [1.54, 1.807) is 0 Å². The van der Waals surface area contributed by atoms with E-state index < -0.39 is 0 Å². The van der Waals surface area contributed by atoms with Crippen molar-refractivity contribution in [2.45, 2.75) is 0 Å². The molecule has 11 heteroatoms. The third-order valence-corrected chi connectivity index (χ3v) is 0.574. The number of nitrogens with zero attached hydrogens (tertiary/aromatic N) is 3. The summed E-state index contributed by atoms with van der Waals surface area (Å²) in [4.78, 5) is 16.0. The second-order valence-corrected chi connectivity index (χ2v) is 1.40. The van der Waals surface area contributed by atoms with Crippen LogP contribution in [0.1, 0.15) is 0 Å². The van der Waals surface area contributed by atoms with Crippen LogP contribution in [-0.4, -0.2) is 26.2 Å². The van der Waals surface area contributed by atoms with Crippen LogP contribution in [-0.2, 0) is 14.8 Å². The van der Waals surface area contributed by atoms with Crippen molar-refractivity contribution in [1.29, 1.82) is 0 Å². The molecule has 95 valence electrons. The van der Waals surface area contributed by atoms with Gasteiger partial charge in [0.2, 0.25) is 0 Å². The molecule has 0 aliphatic carbocycles. The van der Waals surface area contributed by atoms with Gasteiger partial charge in [-0.15, -0.1) is 23.8 Å². The van der Waals surface area contributed by atoms with E-state index in [1.807, 2.05) is 0 Å². The number of halogens is 1. The molecule has 0 aromatic rings. The molecule has 0 aliphatic heterocycles. The third kappa shape index (κ3) is 147. The Morgan fingerprint density at radius 3 is 1.40 bits per heavy atom. The summed E-state index contributed by atoms with van der Waals surface area (Å²) in [5, 5.41) is 22.0. The Bertz CT molecular complexity index is 93.1. The second kappa shape index (κ2) is 50.0. The van der Waals surface area contributed by atoms with E-state index in [0.717, 1.165) is 23.8 Å². The van der Waals surface area contributed by atoms with Crippen molar-refractivity contribution in [1.82, 2.24) is 0 Å². The molecule has 9 nitrogen and oxygen atoms in total. The van der Waals surface area contributed by atoms with Gasteiger partial charge < -0.3 is 37.0 Å². The quantitative estimate of drug-likeness (QED) is 0.432. The van der Waals surface area contributed by atoms with Crippen LogP contribution in [0.25, 0.3) is 5.32 Å². The Kier molecular flexibility index (Phi) is 79.9. The molecule has 0 bridgehead atoms. The first-order chi connectivity index (χ1) is 7.24. The van der Waals surface area contributed by atoms with E-state index in [4.69, 9.17) is 31.7 Å². The van der Waals surface area contributed by atoms with Gasteiger partial charge in [0.05, 0.1) is 0 Å². The molecule has 0 unspecified atom stereocenters. The summed E-state index contributed by atoms with van der Waals surface area (Å²) in [6, 6.07) is 0. The number of nitrogens with two attached hydrogens (primary N) is 2. The maximum atomic E-state index is 8.00. The first-order valence-electron chi connectivity index (χ1n) is 3.31. The van der Waals surface area contributed by atoms with Crippen molar-refractivity contribution in [3.8, 4) is 0 Å². The average molecular weight is 289 g/mol. The number of hydrogen-bond acceptors (Lipinski definition) is 8. The van der Waals surface area contributed by atoms with Crippen LogP contribution in [0.3, 0.4) is 0 Å². The van der Waals surface area contributed by atoms with Crippen molar-refractivity contribution >= 4 is 10.1 Å². The van der Waals surface area contributed by atoms with Crippen LogP contribution >= 0.6 is 10.1 Å². The van der Waals surface area contributed by atoms with E-state index in [1.165, 1.54) is 0 Å². The topological polar surface area (TPSA) is 171 Å². The van der Waals surface area contributed by atoms with Crippen LogP contribution < -0.4 is 11.5 Å². The SMILES string of the molecule is NCC[N-]CCN.O=N[O-].O=N[O-].[Cl][Co+]. The van der Waals surface area contributed by atoms with Crippen LogP contribution in [0.4, 0.5) is 0 Å². The van der Waals surface area contributed by atoms with Crippen LogP contribution in [0.2, 0.25) is 0 Å². The molecule has 0 saturated carbocycles. The Balaban J connectivity index is -0.0000000638. The second-order valence-electron chi connectivity index (χ2n) is 1.40. The van der Waals surface area contributed by atoms with Crippen LogP contribution in [0, 0.1) is 20.2 Å². The van der Waals surface area contributed by atoms with Gasteiger partial charge >= 0.3 is 25.0 Å². The molecule has 4 N–H and O–H groups in total. The van der Waals surface area contributed by atoms with Gasteiger partial charge in [0.25, 0.3) is 0 Å². The Hall–Kier alpha value is -0.524. The average Bonchev–Trinajstić information content (AvgIpc) is 2.24. The minimum atomic E-state index is 0.639. The normalized spacial score (nSPS) is 6.40. The zero-order valence-electron chi connectivity index (χ0n) is 7.67. The van der Waals surface area contributed by atoms with Gasteiger partial charge in [0.15, 0.2) is 0 Å². The summed E-state index contributed by atoms with van der Waals surface area (Å²) in [7, 11) is 4.33. The zero-order chi connectivity index (χ0) is 12.9. The fourth-order valence-electron chi connectivity index (χ4n) is 0.294. The summed E-state index contributed by atoms with van der Waals surface area (Å²) < 4.78 is 0. The van der Waals surface area contributed by atoms with E-state index in [-0.39, 0.29) is 0 Å². The molecule has 0 amide bonds. The van der Waals surface area contributed by atoms with Gasteiger partial charge in [-0.25, -0.2) is 0 Å². The fraction of sp³-hybridized carbons (Fsp3) is 1.00. The van der Waals surface area contributed by atoms with Crippen molar-refractivity contribution < 1.29 is 14.8 Å². The molecule has 0 aliphatic rings. The van der Waals surface area contributed by atoms with Crippen LogP contribution in [0.5, 0.6) is 0 Å². The Morgan fingerprint density at radius 2 is 1.27 bits per heavy atom. The molecule has 0 heterocycles. The summed E-state index contributed by atoms with van der Waals surface area (Å²) in [5.74, 6) is 0. The van der Waals surface area contributed by atoms with E-state index in [9.17, 15) is 0 Å². The zero-order valence-corrected chi connectivity index (χ0v) is 9.47. The maximum absolute atomic E-state index is 8.00. The third-order valence-electron chi connectivity index (χ3n) is 0.574. The van der Waals surface area contributed by atoms with Gasteiger partial charge in [-0.1, -0.05) is 0 Å². The molecule has 0 saturated heterocycles. The van der Waals surface area contributed by atoms with Gasteiger partial charge in [-0.2, -0.15) is 0 Å². The molecule has 0 radical (unpaired) electrons. The molecule has 0 atom stereocenters. The van der Waals surface area contributed by atoms with Crippen LogP contribution in [0.15, 0.2) is 10.7 Å². The van der Waals surface area contributed by atoms with E-state index in [0.29, 0.717) is 13.1 Å². The standard InChI is InChI=1S/C4H12N3.ClH.Co.2HNO2/c5-1-3-7-4-2-6;;;2*2-1-3/h1-6H2;1H;;2*(H,2,3)/q-1;;+2;;/p-3. The molecular weight excluding hydrogens is 276 g/mol. The van der Waals surface area contributed by atoms with E-state index in [2.05, 4.69) is 30.3 Å². The monoisotopic (exact) mass is 288 g/mol. The molecule has 15 heavy (non-hydrogen) atoms. The summed E-state index contributed by atoms with van der Waals surface area (Å²) in [6.45, 7) is 2.77. The van der Waals surface area contributed by atoms with Gasteiger partial charge in [-0.3, -0.25) is 0 Å². The molecule has 0 fully saturated rings. The summed E-state index contributed by atoms with van der Waals surface area (Å²) >= 11 is 3.03. The predicted octanol–water partition coefficient (Wildman–Crippen LogP) is 0.466. The first kappa shape index (κ1) is 24.0. The van der Waals surface area contributed by atoms with Crippen molar-refractivity contribution in [3.05, 3.63) is 25.5 Å². The van der Waals surface area contributed by atoms with E-state index >= 15 is 0 Å². The van der Waals surface area contributed by atoms with Crippen molar-refractivity contribution in [3.63, 3.8) is 0 Å². The number of hydrogen-bond donors (Lipinski definition) is 2. The predicted molar refractivity (Wildman–Crippen MR) is 55.4 cm³/mol. The van der Waals surface area contributed by atoms with Gasteiger partial charge in [0, 0.05) is 0 Å². The van der Waals surface area contributed by atoms with Crippen molar-refractivity contribution in [2.75, 3.05) is 26.2 Å². The first-order valence-corrected chi connectivity index (χ1v) is 4.74. The summed E-state index contributed by atoms with van der Waals surface area (Å²) in [6.07, 6.45) is 0.